The first-order chi connectivity index (χ1) is 14.2. The minimum atomic E-state index is -0.0810. The topological polar surface area (TPSA) is 64.4 Å². The first-order valence-electron chi connectivity index (χ1n) is 10.2. The molecule has 4 rings (SSSR count). The number of hydrogen-bond donors (Lipinski definition) is 1. The number of aromatic nitrogens is 1. The van der Waals surface area contributed by atoms with Gasteiger partial charge in [0.2, 0.25) is 5.91 Å². The zero-order valence-corrected chi connectivity index (χ0v) is 16.7. The maximum absolute atomic E-state index is 12.5. The maximum Gasteiger partial charge on any atom is 0.224 e. The third-order valence-electron chi connectivity index (χ3n) is 5.21. The third kappa shape index (κ3) is 5.05. The van der Waals surface area contributed by atoms with Crippen molar-refractivity contribution < 1.29 is 13.9 Å². The molecule has 150 valence electrons. The molecule has 0 atom stereocenters. The van der Waals surface area contributed by atoms with Crippen molar-refractivity contribution in [2.75, 3.05) is 5.32 Å². The lowest BCUT2D eigenvalue weighted by Gasteiger charge is -2.16. The van der Waals surface area contributed by atoms with E-state index in [0.717, 1.165) is 35.6 Å². The smallest absolute Gasteiger partial charge is 0.224 e. The molecule has 29 heavy (non-hydrogen) atoms. The number of anilines is 1. The van der Waals surface area contributed by atoms with Gasteiger partial charge in [-0.05, 0) is 44.7 Å². The number of hydrogen-bond acceptors (Lipinski definition) is 4. The summed E-state index contributed by atoms with van der Waals surface area (Å²) in [6.07, 6.45) is 7.28. The Bertz CT molecular complexity index is 956. The zero-order chi connectivity index (χ0) is 20.1. The SMILES string of the molecule is Cc1ccc(-c2cnc(CCC(=O)Nc3ccccc3OC3CCCC3)o2)cc1. The van der Waals surface area contributed by atoms with Crippen LogP contribution in [0, 0.1) is 6.92 Å². The number of nitrogens with one attached hydrogen (secondary N) is 1. The van der Waals surface area contributed by atoms with E-state index in [0.29, 0.717) is 18.7 Å². The monoisotopic (exact) mass is 390 g/mol. The number of ether oxygens (including phenoxy) is 1. The van der Waals surface area contributed by atoms with Gasteiger partial charge in [-0.1, -0.05) is 42.0 Å². The number of nitrogens with zero attached hydrogens (tertiary/aromatic N) is 1. The van der Waals surface area contributed by atoms with Crippen LogP contribution in [0.4, 0.5) is 5.69 Å². The molecule has 5 nitrogen and oxygen atoms in total. The molecule has 1 heterocycles. The van der Waals surface area contributed by atoms with Crippen LogP contribution >= 0.6 is 0 Å². The molecular weight excluding hydrogens is 364 g/mol. The van der Waals surface area contributed by atoms with Crippen LogP contribution in [-0.2, 0) is 11.2 Å². The fourth-order valence-electron chi connectivity index (χ4n) is 3.57. The standard InChI is InChI=1S/C24H26N2O3/c1-17-10-12-18(13-11-17)22-16-25-24(29-22)15-14-23(27)26-20-8-4-5-9-21(20)28-19-6-2-3-7-19/h4-5,8-13,16,19H,2-3,6-7,14-15H2,1H3,(H,26,27). The largest absolute Gasteiger partial charge is 0.488 e. The molecule has 0 spiro atoms. The lowest BCUT2D eigenvalue weighted by Crippen LogP contribution is -2.16. The summed E-state index contributed by atoms with van der Waals surface area (Å²) >= 11 is 0. The van der Waals surface area contributed by atoms with E-state index in [9.17, 15) is 4.79 Å². The van der Waals surface area contributed by atoms with E-state index in [1.807, 2.05) is 55.5 Å². The van der Waals surface area contributed by atoms with Gasteiger partial charge in [-0.3, -0.25) is 4.79 Å². The summed E-state index contributed by atoms with van der Waals surface area (Å²) in [5, 5.41) is 2.97. The minimum Gasteiger partial charge on any atom is -0.488 e. The van der Waals surface area contributed by atoms with Crippen LogP contribution in [0.3, 0.4) is 0 Å². The second-order valence-corrected chi connectivity index (χ2v) is 7.55. The Morgan fingerprint density at radius 3 is 2.69 bits per heavy atom. The Balaban J connectivity index is 1.33. The summed E-state index contributed by atoms with van der Waals surface area (Å²) in [6, 6.07) is 15.7. The Morgan fingerprint density at radius 2 is 1.90 bits per heavy atom. The Labute approximate surface area is 171 Å². The van der Waals surface area contributed by atoms with Crippen LogP contribution in [0.5, 0.6) is 5.75 Å². The lowest BCUT2D eigenvalue weighted by molar-refractivity contribution is -0.116. The quantitative estimate of drug-likeness (QED) is 0.575. The summed E-state index contributed by atoms with van der Waals surface area (Å²) in [4.78, 5) is 16.8. The van der Waals surface area contributed by atoms with E-state index in [1.165, 1.54) is 18.4 Å². The molecule has 5 heteroatoms. The Kier molecular flexibility index (Phi) is 5.94. The van der Waals surface area contributed by atoms with Crippen molar-refractivity contribution in [2.24, 2.45) is 0 Å². The van der Waals surface area contributed by atoms with Crippen LogP contribution in [0.1, 0.15) is 43.6 Å². The highest BCUT2D eigenvalue weighted by Gasteiger charge is 2.18. The molecule has 3 aromatic rings. The number of aryl methyl sites for hydroxylation is 2. The van der Waals surface area contributed by atoms with Gasteiger partial charge in [0.15, 0.2) is 11.7 Å². The van der Waals surface area contributed by atoms with Gasteiger partial charge in [-0.2, -0.15) is 0 Å². The summed E-state index contributed by atoms with van der Waals surface area (Å²) in [5.74, 6) is 1.94. The fourth-order valence-corrected chi connectivity index (χ4v) is 3.57. The van der Waals surface area contributed by atoms with Crippen molar-refractivity contribution in [3.05, 3.63) is 66.2 Å². The second kappa shape index (κ2) is 8.95. The predicted molar refractivity (Wildman–Crippen MR) is 113 cm³/mol. The van der Waals surface area contributed by atoms with Crippen molar-refractivity contribution in [3.8, 4) is 17.1 Å². The molecule has 0 radical (unpaired) electrons. The van der Waals surface area contributed by atoms with Gasteiger partial charge in [-0.25, -0.2) is 4.98 Å². The Morgan fingerprint density at radius 1 is 1.14 bits per heavy atom. The van der Waals surface area contributed by atoms with Crippen molar-refractivity contribution in [1.29, 1.82) is 0 Å². The highest BCUT2D eigenvalue weighted by atomic mass is 16.5. The number of benzene rings is 2. The number of amides is 1. The van der Waals surface area contributed by atoms with E-state index in [-0.39, 0.29) is 12.0 Å². The number of carbonyl (C=O) groups is 1. The van der Waals surface area contributed by atoms with Gasteiger partial charge in [-0.15, -0.1) is 0 Å². The molecule has 0 saturated heterocycles. The van der Waals surface area contributed by atoms with Gasteiger partial charge < -0.3 is 14.5 Å². The van der Waals surface area contributed by atoms with Crippen LogP contribution in [0.15, 0.2) is 59.1 Å². The lowest BCUT2D eigenvalue weighted by atomic mass is 10.1. The number of rotatable bonds is 7. The summed E-state index contributed by atoms with van der Waals surface area (Å²) in [5.41, 5.74) is 2.90. The van der Waals surface area contributed by atoms with E-state index in [4.69, 9.17) is 9.15 Å². The fraction of sp³-hybridized carbons (Fsp3) is 0.333. The van der Waals surface area contributed by atoms with Crippen LogP contribution in [0.2, 0.25) is 0 Å². The predicted octanol–water partition coefficient (Wildman–Crippen LogP) is 5.54. The second-order valence-electron chi connectivity index (χ2n) is 7.55. The van der Waals surface area contributed by atoms with Gasteiger partial charge in [0, 0.05) is 18.4 Å². The first kappa shape index (κ1) is 19.2. The van der Waals surface area contributed by atoms with E-state index < -0.39 is 0 Å². The zero-order valence-electron chi connectivity index (χ0n) is 16.7. The summed E-state index contributed by atoms with van der Waals surface area (Å²) < 4.78 is 11.9. The van der Waals surface area contributed by atoms with Gasteiger partial charge in [0.1, 0.15) is 5.75 Å². The highest BCUT2D eigenvalue weighted by molar-refractivity contribution is 5.92. The molecule has 1 N–H and O–H groups in total. The molecule has 0 aliphatic heterocycles. The minimum absolute atomic E-state index is 0.0810. The van der Waals surface area contributed by atoms with Gasteiger partial charge >= 0.3 is 0 Å². The van der Waals surface area contributed by atoms with Crippen LogP contribution in [0.25, 0.3) is 11.3 Å². The molecule has 1 fully saturated rings. The molecular formula is C24H26N2O3. The van der Waals surface area contributed by atoms with Gasteiger partial charge in [0.25, 0.3) is 0 Å². The molecule has 1 aromatic heterocycles. The number of oxazole rings is 1. The van der Waals surface area contributed by atoms with E-state index in [2.05, 4.69) is 10.3 Å². The van der Waals surface area contributed by atoms with Crippen LogP contribution < -0.4 is 10.1 Å². The van der Waals surface area contributed by atoms with E-state index in [1.54, 1.807) is 6.20 Å². The van der Waals surface area contributed by atoms with Crippen molar-refractivity contribution in [3.63, 3.8) is 0 Å². The number of carbonyl (C=O) groups excluding carboxylic acids is 1. The molecule has 1 saturated carbocycles. The molecule has 0 unspecified atom stereocenters. The van der Waals surface area contributed by atoms with Crippen molar-refractivity contribution in [2.45, 2.75) is 51.6 Å². The first-order valence-corrected chi connectivity index (χ1v) is 10.2. The summed E-state index contributed by atoms with van der Waals surface area (Å²) in [6.45, 7) is 2.05. The molecule has 1 amide bonds. The highest BCUT2D eigenvalue weighted by Crippen LogP contribution is 2.30. The van der Waals surface area contributed by atoms with Crippen molar-refractivity contribution >= 4 is 11.6 Å². The third-order valence-corrected chi connectivity index (χ3v) is 5.21. The molecule has 2 aromatic carbocycles. The van der Waals surface area contributed by atoms with Crippen LogP contribution in [-0.4, -0.2) is 17.0 Å². The molecule has 1 aliphatic carbocycles. The Hall–Kier alpha value is -3.08. The van der Waals surface area contributed by atoms with E-state index >= 15 is 0 Å². The van der Waals surface area contributed by atoms with Crippen molar-refractivity contribution in [1.82, 2.24) is 4.98 Å². The number of para-hydroxylation sites is 2. The molecule has 1 aliphatic rings. The normalized spacial score (nSPS) is 14.1. The maximum atomic E-state index is 12.5. The average Bonchev–Trinajstić information content (AvgIpc) is 3.41. The molecule has 0 bridgehead atoms. The summed E-state index contributed by atoms with van der Waals surface area (Å²) in [7, 11) is 0. The average molecular weight is 390 g/mol. The van der Waals surface area contributed by atoms with Gasteiger partial charge in [0.05, 0.1) is 18.0 Å².